The van der Waals surface area contributed by atoms with Gasteiger partial charge in [0.25, 0.3) is 11.8 Å². The van der Waals surface area contributed by atoms with Gasteiger partial charge in [0, 0.05) is 21.1 Å². The molecule has 0 atom stereocenters. The number of hydrogen-bond donors (Lipinski definition) is 1. The number of carbonyl (C=O) groups excluding carboxylic acids is 3. The molecule has 2 aromatic rings. The summed E-state index contributed by atoms with van der Waals surface area (Å²) in [5.41, 5.74) is 1.41. The first kappa shape index (κ1) is 22.6. The van der Waals surface area contributed by atoms with E-state index in [-0.39, 0.29) is 11.6 Å². The van der Waals surface area contributed by atoms with E-state index in [1.165, 1.54) is 11.0 Å². The van der Waals surface area contributed by atoms with Crippen LogP contribution in [0.3, 0.4) is 0 Å². The van der Waals surface area contributed by atoms with Gasteiger partial charge < -0.3 is 4.74 Å². The molecule has 2 aliphatic rings. The molecule has 1 saturated heterocycles. The van der Waals surface area contributed by atoms with Gasteiger partial charge in [-0.15, -0.1) is 0 Å². The molecule has 0 radical (unpaired) electrons. The van der Waals surface area contributed by atoms with Gasteiger partial charge in [-0.25, -0.2) is 4.79 Å². The molecule has 6 nitrogen and oxygen atoms in total. The second-order valence-corrected chi connectivity index (χ2v) is 9.23. The number of imide groups is 2. The maximum absolute atomic E-state index is 13.2. The van der Waals surface area contributed by atoms with Gasteiger partial charge in [-0.05, 0) is 54.8 Å². The zero-order chi connectivity index (χ0) is 22.7. The van der Waals surface area contributed by atoms with E-state index in [0.717, 1.165) is 42.1 Å². The summed E-state index contributed by atoms with van der Waals surface area (Å²) in [6.45, 7) is 0.293. The van der Waals surface area contributed by atoms with E-state index in [2.05, 4.69) is 21.2 Å². The number of nitrogens with zero attached hydrogens (tertiary/aromatic N) is 1. The molecule has 1 saturated carbocycles. The first-order valence-corrected chi connectivity index (χ1v) is 11.7. The Morgan fingerprint density at radius 3 is 2.50 bits per heavy atom. The largest absolute Gasteiger partial charge is 0.488 e. The molecule has 0 aromatic heterocycles. The van der Waals surface area contributed by atoms with Crippen LogP contribution in [0.5, 0.6) is 5.75 Å². The highest BCUT2D eigenvalue weighted by molar-refractivity contribution is 9.10. The van der Waals surface area contributed by atoms with Crippen LogP contribution in [-0.4, -0.2) is 28.8 Å². The van der Waals surface area contributed by atoms with Crippen molar-refractivity contribution in [2.75, 3.05) is 0 Å². The highest BCUT2D eigenvalue weighted by atomic mass is 79.9. The van der Waals surface area contributed by atoms with Gasteiger partial charge in [0.05, 0.1) is 0 Å². The fourth-order valence-electron chi connectivity index (χ4n) is 4.00. The Balaban J connectivity index is 1.61. The van der Waals surface area contributed by atoms with Crippen molar-refractivity contribution in [2.24, 2.45) is 0 Å². The van der Waals surface area contributed by atoms with Crippen molar-refractivity contribution in [3.8, 4) is 5.75 Å². The van der Waals surface area contributed by atoms with E-state index >= 15 is 0 Å². The molecule has 0 unspecified atom stereocenters. The Hall–Kier alpha value is -2.64. The van der Waals surface area contributed by atoms with Crippen LogP contribution >= 0.6 is 27.5 Å². The highest BCUT2D eigenvalue weighted by Crippen LogP contribution is 2.30. The molecule has 2 fully saturated rings. The number of amides is 4. The topological polar surface area (TPSA) is 75.7 Å². The van der Waals surface area contributed by atoms with E-state index in [0.29, 0.717) is 22.9 Å². The fourth-order valence-corrected chi connectivity index (χ4v) is 4.51. The number of rotatable bonds is 5. The van der Waals surface area contributed by atoms with Gasteiger partial charge >= 0.3 is 6.03 Å². The lowest BCUT2D eigenvalue weighted by atomic mass is 9.93. The SMILES string of the molecule is O=C1NC(=O)N(C2CCCCC2)C(=O)C1=Cc1cc(Br)ccc1OCc1ccc(Cl)cc1. The smallest absolute Gasteiger partial charge is 0.331 e. The average molecular weight is 518 g/mol. The Kier molecular flexibility index (Phi) is 6.96. The monoisotopic (exact) mass is 516 g/mol. The second-order valence-electron chi connectivity index (χ2n) is 7.88. The summed E-state index contributed by atoms with van der Waals surface area (Å²) in [7, 11) is 0. The molecule has 1 N–H and O–H groups in total. The van der Waals surface area contributed by atoms with Crippen LogP contribution in [0, 0.1) is 0 Å². The highest BCUT2D eigenvalue weighted by Gasteiger charge is 2.40. The summed E-state index contributed by atoms with van der Waals surface area (Å²) in [5, 5.41) is 2.96. The molecular formula is C24H22BrClN2O4. The molecule has 0 spiro atoms. The predicted octanol–water partition coefficient (Wildman–Crippen LogP) is 5.48. The van der Waals surface area contributed by atoms with Gasteiger partial charge in [0.2, 0.25) is 0 Å². The number of hydrogen-bond acceptors (Lipinski definition) is 4. The van der Waals surface area contributed by atoms with Crippen molar-refractivity contribution in [1.29, 1.82) is 0 Å². The minimum Gasteiger partial charge on any atom is -0.488 e. The number of urea groups is 1. The van der Waals surface area contributed by atoms with Crippen LogP contribution in [0.25, 0.3) is 6.08 Å². The van der Waals surface area contributed by atoms with E-state index in [1.807, 2.05) is 18.2 Å². The number of ether oxygens (including phenoxy) is 1. The number of nitrogens with one attached hydrogen (secondary N) is 1. The van der Waals surface area contributed by atoms with E-state index in [9.17, 15) is 14.4 Å². The van der Waals surface area contributed by atoms with Crippen LogP contribution in [0.1, 0.15) is 43.2 Å². The molecule has 4 amide bonds. The fraction of sp³-hybridized carbons (Fsp3) is 0.292. The van der Waals surface area contributed by atoms with E-state index < -0.39 is 17.8 Å². The number of benzene rings is 2. The van der Waals surface area contributed by atoms with Crippen LogP contribution in [0.2, 0.25) is 5.02 Å². The predicted molar refractivity (Wildman–Crippen MR) is 125 cm³/mol. The average Bonchev–Trinajstić information content (AvgIpc) is 2.78. The zero-order valence-corrected chi connectivity index (χ0v) is 19.6. The van der Waals surface area contributed by atoms with Gasteiger partial charge in [-0.1, -0.05) is 58.9 Å². The van der Waals surface area contributed by atoms with Crippen LogP contribution in [-0.2, 0) is 16.2 Å². The van der Waals surface area contributed by atoms with Gasteiger partial charge in [0.15, 0.2) is 0 Å². The Morgan fingerprint density at radius 1 is 1.06 bits per heavy atom. The maximum Gasteiger partial charge on any atom is 0.331 e. The molecule has 1 heterocycles. The lowest BCUT2D eigenvalue weighted by Gasteiger charge is -2.35. The minimum absolute atomic E-state index is 0.0791. The van der Waals surface area contributed by atoms with E-state index in [1.54, 1.807) is 24.3 Å². The summed E-state index contributed by atoms with van der Waals surface area (Å²) in [6, 6.07) is 11.8. The Bertz CT molecular complexity index is 1080. The van der Waals surface area contributed by atoms with Gasteiger partial charge in [-0.2, -0.15) is 0 Å². The molecule has 8 heteroatoms. The summed E-state index contributed by atoms with van der Waals surface area (Å²) in [6.07, 6.45) is 6.02. The second kappa shape index (κ2) is 9.88. The number of halogens is 2. The third kappa shape index (κ3) is 5.05. The van der Waals surface area contributed by atoms with Crippen molar-refractivity contribution in [2.45, 2.75) is 44.8 Å². The van der Waals surface area contributed by atoms with Gasteiger partial charge in [-0.3, -0.25) is 19.8 Å². The van der Waals surface area contributed by atoms with Crippen molar-refractivity contribution in [3.05, 3.63) is 68.7 Å². The summed E-state index contributed by atoms with van der Waals surface area (Å²) >= 11 is 9.36. The van der Waals surface area contributed by atoms with Crippen molar-refractivity contribution in [3.63, 3.8) is 0 Å². The van der Waals surface area contributed by atoms with Crippen molar-refractivity contribution in [1.82, 2.24) is 10.2 Å². The lowest BCUT2D eigenvalue weighted by Crippen LogP contribution is -2.58. The molecule has 1 aliphatic carbocycles. The van der Waals surface area contributed by atoms with Crippen LogP contribution in [0.15, 0.2) is 52.5 Å². The van der Waals surface area contributed by atoms with Gasteiger partial charge in [0.1, 0.15) is 17.9 Å². The first-order chi connectivity index (χ1) is 15.4. The summed E-state index contributed by atoms with van der Waals surface area (Å²) in [4.78, 5) is 39.3. The Morgan fingerprint density at radius 2 is 1.78 bits per heavy atom. The third-order valence-electron chi connectivity index (χ3n) is 5.65. The quantitative estimate of drug-likeness (QED) is 0.421. The first-order valence-electron chi connectivity index (χ1n) is 10.5. The van der Waals surface area contributed by atoms with Crippen LogP contribution in [0.4, 0.5) is 4.79 Å². The molecule has 0 bridgehead atoms. The molecule has 2 aromatic carbocycles. The summed E-state index contributed by atoms with van der Waals surface area (Å²) in [5.74, 6) is -0.748. The third-order valence-corrected chi connectivity index (χ3v) is 6.40. The van der Waals surface area contributed by atoms with Crippen molar-refractivity contribution >= 4 is 51.5 Å². The van der Waals surface area contributed by atoms with Crippen LogP contribution < -0.4 is 10.1 Å². The number of carbonyl (C=O) groups is 3. The maximum atomic E-state index is 13.2. The normalized spacial score (nSPS) is 18.8. The lowest BCUT2D eigenvalue weighted by molar-refractivity contribution is -0.132. The molecule has 32 heavy (non-hydrogen) atoms. The van der Waals surface area contributed by atoms with E-state index in [4.69, 9.17) is 16.3 Å². The number of barbiturate groups is 1. The molecular weight excluding hydrogens is 496 g/mol. The summed E-state index contributed by atoms with van der Waals surface area (Å²) < 4.78 is 6.73. The molecule has 166 valence electrons. The standard InChI is InChI=1S/C24H22BrClN2O4/c25-17-8-11-21(32-14-15-6-9-18(26)10-7-15)16(12-17)13-20-22(29)27-24(31)28(23(20)30)19-4-2-1-3-5-19/h6-13,19H,1-5,14H2,(H,27,29,31). The zero-order valence-electron chi connectivity index (χ0n) is 17.3. The Labute approximate surface area is 199 Å². The van der Waals surface area contributed by atoms with Crippen molar-refractivity contribution < 1.29 is 19.1 Å². The molecule has 1 aliphatic heterocycles. The minimum atomic E-state index is -0.698. The molecule has 4 rings (SSSR count).